The molecule has 2 heteroatoms. The van der Waals surface area contributed by atoms with Crippen LogP contribution >= 0.6 is 0 Å². The zero-order valence-corrected chi connectivity index (χ0v) is 8.48. The van der Waals surface area contributed by atoms with E-state index in [4.69, 9.17) is 0 Å². The van der Waals surface area contributed by atoms with Gasteiger partial charge < -0.3 is 5.32 Å². The van der Waals surface area contributed by atoms with Crippen molar-refractivity contribution >= 4 is 0 Å². The quantitative estimate of drug-likeness (QED) is 0.709. The molecule has 2 aliphatic rings. The van der Waals surface area contributed by atoms with Crippen LogP contribution in [0.1, 0.15) is 38.5 Å². The molecule has 2 saturated carbocycles. The van der Waals surface area contributed by atoms with Crippen LogP contribution in [0.5, 0.6) is 0 Å². The van der Waals surface area contributed by atoms with Gasteiger partial charge >= 0.3 is 0 Å². The zero-order chi connectivity index (χ0) is 9.31. The molecule has 0 radical (unpaired) electrons. The molecule has 0 aromatic rings. The molecule has 0 aromatic carbocycles. The van der Waals surface area contributed by atoms with Crippen molar-refractivity contribution in [3.8, 4) is 0 Å². The van der Waals surface area contributed by atoms with Crippen LogP contribution in [0.2, 0.25) is 0 Å². The van der Waals surface area contributed by atoms with Crippen LogP contribution in [0.4, 0.5) is 4.39 Å². The Bertz CT molecular complexity index is 169. The van der Waals surface area contributed by atoms with Gasteiger partial charge in [-0.25, -0.2) is 4.39 Å². The fourth-order valence-corrected chi connectivity index (χ4v) is 3.08. The van der Waals surface area contributed by atoms with Crippen LogP contribution in [-0.2, 0) is 0 Å². The van der Waals surface area contributed by atoms with Gasteiger partial charge in [0.15, 0.2) is 0 Å². The molecule has 0 bridgehead atoms. The first kappa shape index (κ1) is 9.45. The third-order valence-corrected chi connectivity index (χ3v) is 3.87. The largest absolute Gasteiger partial charge is 0.317 e. The van der Waals surface area contributed by atoms with E-state index in [1.165, 1.54) is 32.1 Å². The Kier molecular flexibility index (Phi) is 2.59. The predicted octanol–water partition coefficient (Wildman–Crippen LogP) is 2.51. The molecular formula is C11H20FN. The highest BCUT2D eigenvalue weighted by Gasteiger charge is 2.48. The van der Waals surface area contributed by atoms with Crippen molar-refractivity contribution < 1.29 is 4.39 Å². The van der Waals surface area contributed by atoms with E-state index in [9.17, 15) is 4.39 Å². The number of halogens is 1. The number of rotatable bonds is 4. The molecule has 0 amide bonds. The summed E-state index contributed by atoms with van der Waals surface area (Å²) in [6.45, 7) is 0.531. The lowest BCUT2D eigenvalue weighted by Gasteiger charge is -2.54. The predicted molar refractivity (Wildman–Crippen MR) is 52.4 cm³/mol. The Balaban J connectivity index is 1.63. The number of hydrogen-bond donors (Lipinski definition) is 1. The Labute approximate surface area is 80.1 Å². The van der Waals surface area contributed by atoms with Crippen LogP contribution in [0, 0.1) is 11.3 Å². The maximum absolute atomic E-state index is 13.2. The summed E-state index contributed by atoms with van der Waals surface area (Å²) in [5, 5.41) is 2.89. The van der Waals surface area contributed by atoms with Crippen LogP contribution in [0.3, 0.4) is 0 Å². The maximum atomic E-state index is 13.2. The van der Waals surface area contributed by atoms with Gasteiger partial charge in [-0.1, -0.05) is 6.42 Å². The van der Waals surface area contributed by atoms with Gasteiger partial charge in [0.25, 0.3) is 0 Å². The standard InChI is InChI=1S/C11H20FN/c1-13-8-10(12)5-9-6-11(7-9)3-2-4-11/h9-10,13H,2-8H2,1H3. The zero-order valence-electron chi connectivity index (χ0n) is 8.48. The summed E-state index contributed by atoms with van der Waals surface area (Å²) in [7, 11) is 1.82. The van der Waals surface area contributed by atoms with Crippen LogP contribution in [0.15, 0.2) is 0 Å². The van der Waals surface area contributed by atoms with Gasteiger partial charge in [0.2, 0.25) is 0 Å². The fraction of sp³-hybridized carbons (Fsp3) is 1.00. The molecule has 2 fully saturated rings. The molecule has 13 heavy (non-hydrogen) atoms. The van der Waals surface area contributed by atoms with Crippen molar-refractivity contribution in [3.05, 3.63) is 0 Å². The Morgan fingerprint density at radius 1 is 1.46 bits per heavy atom. The first-order valence-corrected chi connectivity index (χ1v) is 5.53. The molecule has 1 nitrogen and oxygen atoms in total. The Morgan fingerprint density at radius 2 is 2.15 bits per heavy atom. The highest BCUT2D eigenvalue weighted by molar-refractivity contribution is 4.99. The minimum Gasteiger partial charge on any atom is -0.317 e. The van der Waals surface area contributed by atoms with Crippen molar-refractivity contribution in [2.75, 3.05) is 13.6 Å². The third-order valence-electron chi connectivity index (χ3n) is 3.87. The van der Waals surface area contributed by atoms with Gasteiger partial charge in [-0.3, -0.25) is 0 Å². The molecule has 0 saturated heterocycles. The maximum Gasteiger partial charge on any atom is 0.113 e. The SMILES string of the molecule is CNCC(F)CC1CC2(CCC2)C1. The summed E-state index contributed by atoms with van der Waals surface area (Å²) in [4.78, 5) is 0. The minimum absolute atomic E-state index is 0.531. The molecule has 1 N–H and O–H groups in total. The molecule has 2 aliphatic carbocycles. The molecular weight excluding hydrogens is 165 g/mol. The highest BCUT2D eigenvalue weighted by Crippen LogP contribution is 2.59. The lowest BCUT2D eigenvalue weighted by molar-refractivity contribution is -0.0357. The fourth-order valence-electron chi connectivity index (χ4n) is 3.08. The first-order valence-electron chi connectivity index (χ1n) is 5.53. The van der Waals surface area contributed by atoms with E-state index in [1.54, 1.807) is 0 Å². The second-order valence-corrected chi connectivity index (χ2v) is 5.02. The van der Waals surface area contributed by atoms with E-state index >= 15 is 0 Å². The van der Waals surface area contributed by atoms with E-state index < -0.39 is 6.17 Å². The second kappa shape index (κ2) is 3.56. The third kappa shape index (κ3) is 1.88. The van der Waals surface area contributed by atoms with Crippen molar-refractivity contribution in [2.45, 2.75) is 44.7 Å². The molecule has 76 valence electrons. The topological polar surface area (TPSA) is 12.0 Å². The summed E-state index contributed by atoms with van der Waals surface area (Å²) in [6, 6.07) is 0. The van der Waals surface area contributed by atoms with Crippen LogP contribution in [-0.4, -0.2) is 19.8 Å². The van der Waals surface area contributed by atoms with Crippen LogP contribution in [0.25, 0.3) is 0 Å². The van der Waals surface area contributed by atoms with Crippen molar-refractivity contribution in [1.82, 2.24) is 5.32 Å². The lowest BCUT2D eigenvalue weighted by atomic mass is 9.51. The number of alkyl halides is 1. The van der Waals surface area contributed by atoms with Crippen molar-refractivity contribution in [2.24, 2.45) is 11.3 Å². The van der Waals surface area contributed by atoms with Crippen molar-refractivity contribution in [1.29, 1.82) is 0 Å². The molecule has 1 atom stereocenters. The summed E-state index contributed by atoms with van der Waals surface area (Å²) < 4.78 is 13.2. The second-order valence-electron chi connectivity index (χ2n) is 5.02. The van der Waals surface area contributed by atoms with Crippen LogP contribution < -0.4 is 5.32 Å². The van der Waals surface area contributed by atoms with Gasteiger partial charge in [-0.15, -0.1) is 0 Å². The van der Waals surface area contributed by atoms with E-state index in [0.717, 1.165) is 6.42 Å². The summed E-state index contributed by atoms with van der Waals surface area (Å²) >= 11 is 0. The summed E-state index contributed by atoms with van der Waals surface area (Å²) in [5.74, 6) is 0.698. The van der Waals surface area contributed by atoms with Gasteiger partial charge in [-0.2, -0.15) is 0 Å². The van der Waals surface area contributed by atoms with Gasteiger partial charge in [0, 0.05) is 6.54 Å². The molecule has 0 aliphatic heterocycles. The normalized spacial score (nSPS) is 28.2. The molecule has 0 aromatic heterocycles. The number of nitrogens with one attached hydrogen (secondary N) is 1. The number of hydrogen-bond acceptors (Lipinski definition) is 1. The Morgan fingerprint density at radius 3 is 2.62 bits per heavy atom. The van der Waals surface area contributed by atoms with E-state index in [0.29, 0.717) is 17.9 Å². The highest BCUT2D eigenvalue weighted by atomic mass is 19.1. The van der Waals surface area contributed by atoms with Crippen molar-refractivity contribution in [3.63, 3.8) is 0 Å². The minimum atomic E-state index is -0.618. The summed E-state index contributed by atoms with van der Waals surface area (Å²) in [6.07, 6.45) is 7.07. The van der Waals surface area contributed by atoms with Gasteiger partial charge in [0.1, 0.15) is 6.17 Å². The smallest absolute Gasteiger partial charge is 0.113 e. The first-order chi connectivity index (χ1) is 6.24. The van der Waals surface area contributed by atoms with E-state index in [-0.39, 0.29) is 0 Å². The lowest BCUT2D eigenvalue weighted by Crippen LogP contribution is -2.43. The summed E-state index contributed by atoms with van der Waals surface area (Å²) in [5.41, 5.74) is 0.712. The average Bonchev–Trinajstić information content (AvgIpc) is 1.92. The molecule has 1 unspecified atom stereocenters. The molecule has 0 heterocycles. The van der Waals surface area contributed by atoms with E-state index in [2.05, 4.69) is 5.32 Å². The molecule has 1 spiro atoms. The molecule has 2 rings (SSSR count). The average molecular weight is 185 g/mol. The van der Waals surface area contributed by atoms with E-state index in [1.807, 2.05) is 7.05 Å². The van der Waals surface area contributed by atoms with Gasteiger partial charge in [-0.05, 0) is 50.5 Å². The van der Waals surface area contributed by atoms with Gasteiger partial charge in [0.05, 0.1) is 0 Å². The monoisotopic (exact) mass is 185 g/mol. The Hall–Kier alpha value is -0.110.